The highest BCUT2D eigenvalue weighted by molar-refractivity contribution is 5.82. The van der Waals surface area contributed by atoms with Gasteiger partial charge < -0.3 is 24.0 Å². The molecule has 1 saturated heterocycles. The van der Waals surface area contributed by atoms with Crippen LogP contribution in [0.15, 0.2) is 36.8 Å². The van der Waals surface area contributed by atoms with Gasteiger partial charge in [0.05, 0.1) is 25.7 Å². The molecule has 2 aromatic rings. The Labute approximate surface area is 184 Å². The predicted molar refractivity (Wildman–Crippen MR) is 117 cm³/mol. The third kappa shape index (κ3) is 5.46. The summed E-state index contributed by atoms with van der Waals surface area (Å²) in [4.78, 5) is 19.1. The monoisotopic (exact) mass is 427 g/mol. The van der Waals surface area contributed by atoms with Crippen molar-refractivity contribution in [3.8, 4) is 5.75 Å². The summed E-state index contributed by atoms with van der Waals surface area (Å²) in [5.41, 5.74) is 1.50. The summed E-state index contributed by atoms with van der Waals surface area (Å²) in [5, 5.41) is 10.8. The van der Waals surface area contributed by atoms with Gasteiger partial charge in [0, 0.05) is 25.8 Å². The van der Waals surface area contributed by atoms with E-state index in [4.69, 9.17) is 9.47 Å². The predicted octanol–water partition coefficient (Wildman–Crippen LogP) is 3.32. The Bertz CT molecular complexity index is 845. The maximum Gasteiger partial charge on any atom is 0.255 e. The number of morpholine rings is 1. The van der Waals surface area contributed by atoms with Crippen LogP contribution in [0.25, 0.3) is 0 Å². The number of aliphatic hydroxyl groups excluding tert-OH is 1. The van der Waals surface area contributed by atoms with Crippen molar-refractivity contribution in [3.63, 3.8) is 0 Å². The van der Waals surface area contributed by atoms with Gasteiger partial charge in [0.25, 0.3) is 5.91 Å². The number of ether oxygens (including phenoxy) is 2. The van der Waals surface area contributed by atoms with Crippen LogP contribution in [0.5, 0.6) is 5.75 Å². The van der Waals surface area contributed by atoms with Crippen LogP contribution in [0.2, 0.25) is 0 Å². The number of hydrogen-bond donors (Lipinski definition) is 1. The second-order valence-corrected chi connectivity index (χ2v) is 8.67. The quantitative estimate of drug-likeness (QED) is 0.699. The number of carbonyl (C=O) groups is 1. The minimum absolute atomic E-state index is 0.202. The number of methoxy groups -OCH3 is 1. The van der Waals surface area contributed by atoms with E-state index in [2.05, 4.69) is 4.98 Å². The molecule has 0 spiro atoms. The first-order valence-corrected chi connectivity index (χ1v) is 11.4. The molecule has 1 aromatic heterocycles. The lowest BCUT2D eigenvalue weighted by Gasteiger charge is -2.34. The van der Waals surface area contributed by atoms with Gasteiger partial charge in [0.2, 0.25) is 0 Å². The van der Waals surface area contributed by atoms with Crippen LogP contribution in [0, 0.1) is 5.92 Å². The summed E-state index contributed by atoms with van der Waals surface area (Å²) >= 11 is 0. The number of nitrogens with zero attached hydrogens (tertiary/aromatic N) is 3. The maximum atomic E-state index is 13.0. The topological polar surface area (TPSA) is 76.8 Å². The number of imidazole rings is 1. The van der Waals surface area contributed by atoms with Gasteiger partial charge in [-0.2, -0.15) is 0 Å². The Kier molecular flexibility index (Phi) is 7.25. The molecule has 2 unspecified atom stereocenters. The Morgan fingerprint density at radius 1 is 1.23 bits per heavy atom. The summed E-state index contributed by atoms with van der Waals surface area (Å²) in [7, 11) is 1.63. The molecule has 31 heavy (non-hydrogen) atoms. The van der Waals surface area contributed by atoms with Crippen LogP contribution in [0.1, 0.15) is 55.9 Å². The molecule has 1 aliphatic heterocycles. The van der Waals surface area contributed by atoms with Gasteiger partial charge >= 0.3 is 0 Å². The molecule has 7 nitrogen and oxygen atoms in total. The lowest BCUT2D eigenvalue weighted by atomic mass is 9.87. The van der Waals surface area contributed by atoms with Crippen molar-refractivity contribution >= 4 is 5.91 Å². The van der Waals surface area contributed by atoms with E-state index in [1.165, 1.54) is 32.1 Å². The summed E-state index contributed by atoms with van der Waals surface area (Å²) in [5.74, 6) is 1.37. The van der Waals surface area contributed by atoms with E-state index in [1.807, 2.05) is 35.0 Å². The van der Waals surface area contributed by atoms with E-state index in [0.29, 0.717) is 25.4 Å². The van der Waals surface area contributed by atoms with E-state index >= 15 is 0 Å². The van der Waals surface area contributed by atoms with E-state index in [9.17, 15) is 9.90 Å². The van der Waals surface area contributed by atoms with Crippen molar-refractivity contribution in [2.24, 2.45) is 5.92 Å². The van der Waals surface area contributed by atoms with E-state index < -0.39 is 12.2 Å². The first-order valence-electron chi connectivity index (χ1n) is 11.4. The van der Waals surface area contributed by atoms with Crippen molar-refractivity contribution in [1.29, 1.82) is 0 Å². The number of hydrogen-bond acceptors (Lipinski definition) is 5. The van der Waals surface area contributed by atoms with Crippen LogP contribution in [0.3, 0.4) is 0 Å². The van der Waals surface area contributed by atoms with E-state index in [0.717, 1.165) is 30.2 Å². The van der Waals surface area contributed by atoms with Crippen molar-refractivity contribution in [3.05, 3.63) is 48.0 Å². The Morgan fingerprint density at radius 2 is 2.00 bits per heavy atom. The number of amides is 1. The molecule has 1 N–H and O–H groups in total. The second kappa shape index (κ2) is 10.3. The summed E-state index contributed by atoms with van der Waals surface area (Å²) in [6.45, 7) is 2.27. The summed E-state index contributed by atoms with van der Waals surface area (Å²) in [6.07, 6.45) is 9.44. The van der Waals surface area contributed by atoms with Gasteiger partial charge in [0.1, 0.15) is 11.9 Å². The standard InChI is InChI=1S/C24H33N3O4/c1-30-20-9-7-19(8-10-20)15-27-13-14-31-23(24(27)29)22(28)21-16-26(17-25-21)12-11-18-5-3-2-4-6-18/h7-10,16-18,22-23,28H,2-6,11-15H2,1H3. The molecule has 0 radical (unpaired) electrons. The van der Waals surface area contributed by atoms with Gasteiger partial charge in [-0.3, -0.25) is 4.79 Å². The van der Waals surface area contributed by atoms with Crippen molar-refractivity contribution in [1.82, 2.24) is 14.5 Å². The molecule has 2 heterocycles. The van der Waals surface area contributed by atoms with Crippen molar-refractivity contribution in [2.45, 2.75) is 63.8 Å². The number of benzene rings is 1. The zero-order valence-electron chi connectivity index (χ0n) is 18.3. The van der Waals surface area contributed by atoms with Crippen LogP contribution >= 0.6 is 0 Å². The van der Waals surface area contributed by atoms with Crippen molar-refractivity contribution < 1.29 is 19.4 Å². The third-order valence-corrected chi connectivity index (χ3v) is 6.51. The van der Waals surface area contributed by atoms with Gasteiger partial charge in [0.15, 0.2) is 6.10 Å². The molecular weight excluding hydrogens is 394 g/mol. The lowest BCUT2D eigenvalue weighted by Crippen LogP contribution is -2.49. The molecule has 2 fully saturated rings. The number of rotatable bonds is 8. The largest absolute Gasteiger partial charge is 0.497 e. The van der Waals surface area contributed by atoms with Gasteiger partial charge in [-0.1, -0.05) is 44.2 Å². The Morgan fingerprint density at radius 3 is 2.74 bits per heavy atom. The average molecular weight is 428 g/mol. The smallest absolute Gasteiger partial charge is 0.255 e. The number of aliphatic hydroxyl groups is 1. The number of aromatic nitrogens is 2. The highest BCUT2D eigenvalue weighted by Crippen LogP contribution is 2.27. The van der Waals surface area contributed by atoms with Crippen LogP contribution in [-0.2, 0) is 22.6 Å². The number of aryl methyl sites for hydroxylation is 1. The number of carbonyl (C=O) groups excluding carboxylic acids is 1. The molecule has 168 valence electrons. The molecule has 1 saturated carbocycles. The lowest BCUT2D eigenvalue weighted by molar-refractivity contribution is -0.164. The first-order chi connectivity index (χ1) is 15.1. The highest BCUT2D eigenvalue weighted by Gasteiger charge is 2.37. The van der Waals surface area contributed by atoms with Gasteiger partial charge in [-0.05, 0) is 30.0 Å². The SMILES string of the molecule is COc1ccc(CN2CCOC(C(O)c3cn(CCC4CCCCC4)cn3)C2=O)cc1. The minimum Gasteiger partial charge on any atom is -0.497 e. The van der Waals surface area contributed by atoms with Crippen molar-refractivity contribution in [2.75, 3.05) is 20.3 Å². The normalized spacial score (nSPS) is 21.3. The molecule has 1 amide bonds. The Hall–Kier alpha value is -2.38. The zero-order chi connectivity index (χ0) is 21.6. The summed E-state index contributed by atoms with van der Waals surface area (Å²) in [6, 6.07) is 7.65. The highest BCUT2D eigenvalue weighted by atomic mass is 16.5. The van der Waals surface area contributed by atoms with Gasteiger partial charge in [-0.15, -0.1) is 0 Å². The fourth-order valence-corrected chi connectivity index (χ4v) is 4.60. The molecule has 1 aliphatic carbocycles. The molecule has 7 heteroatoms. The average Bonchev–Trinajstić information content (AvgIpc) is 3.29. The Balaban J connectivity index is 1.34. The fourth-order valence-electron chi connectivity index (χ4n) is 4.60. The minimum atomic E-state index is -1.07. The molecule has 0 bridgehead atoms. The third-order valence-electron chi connectivity index (χ3n) is 6.51. The first kappa shape index (κ1) is 21.8. The molecular formula is C24H33N3O4. The maximum absolute atomic E-state index is 13.0. The second-order valence-electron chi connectivity index (χ2n) is 8.67. The molecule has 2 aliphatic rings. The summed E-state index contributed by atoms with van der Waals surface area (Å²) < 4.78 is 12.9. The van der Waals surface area contributed by atoms with E-state index in [-0.39, 0.29) is 5.91 Å². The van der Waals surface area contributed by atoms with Crippen LogP contribution in [0.4, 0.5) is 0 Å². The molecule has 4 rings (SSSR count). The van der Waals surface area contributed by atoms with Gasteiger partial charge in [-0.25, -0.2) is 4.98 Å². The molecule has 2 atom stereocenters. The van der Waals surface area contributed by atoms with E-state index in [1.54, 1.807) is 18.3 Å². The molecule has 1 aromatic carbocycles. The van der Waals surface area contributed by atoms with Crippen LogP contribution in [-0.4, -0.2) is 51.8 Å². The fraction of sp³-hybridized carbons (Fsp3) is 0.583. The van der Waals surface area contributed by atoms with Crippen LogP contribution < -0.4 is 4.74 Å². The zero-order valence-corrected chi connectivity index (χ0v) is 18.3.